The van der Waals surface area contributed by atoms with E-state index in [1.807, 2.05) is 0 Å². The molecule has 0 amide bonds. The van der Waals surface area contributed by atoms with Crippen LogP contribution in [-0.4, -0.2) is 0 Å². The molecule has 0 saturated heterocycles. The first-order valence-electron chi connectivity index (χ1n) is 8.18. The van der Waals surface area contributed by atoms with E-state index in [-0.39, 0.29) is 0 Å². The van der Waals surface area contributed by atoms with Gasteiger partial charge in [0.2, 0.25) is 0 Å². The molecule has 0 aliphatic rings. The summed E-state index contributed by atoms with van der Waals surface area (Å²) in [5.74, 6) is 0. The third kappa shape index (κ3) is 2.86. The van der Waals surface area contributed by atoms with Gasteiger partial charge in [0.1, 0.15) is 28.5 Å². The molecule has 0 heterocycles. The van der Waals surface area contributed by atoms with Gasteiger partial charge in [0.25, 0.3) is 0 Å². The Morgan fingerprint density at radius 1 is 0.667 bits per heavy atom. The molecule has 0 saturated carbocycles. The van der Waals surface area contributed by atoms with Crippen LogP contribution in [0.1, 0.15) is 6.92 Å². The normalized spacial score (nSPS) is 11.5. The number of hydrogen-bond acceptors (Lipinski definition) is 0. The second-order valence-electron chi connectivity index (χ2n) is 5.67. The number of allylic oxidation sites excluding steroid dienone is 3. The molecule has 1 heteroatoms. The summed E-state index contributed by atoms with van der Waals surface area (Å²) in [6.45, 7) is 6.57. The van der Waals surface area contributed by atoms with E-state index in [1.54, 1.807) is 0 Å². The van der Waals surface area contributed by atoms with Gasteiger partial charge in [-0.2, -0.15) is 0 Å². The lowest BCUT2D eigenvalue weighted by Crippen LogP contribution is -2.31. The minimum Gasteiger partial charge on any atom is -0.0837 e. The maximum Gasteiger partial charge on any atom is 0.143 e. The monoisotopic (exact) mass is 329 g/mol. The first-order chi connectivity index (χ1) is 11.8. The van der Waals surface area contributed by atoms with Crippen molar-refractivity contribution >= 4 is 23.2 Å². The van der Waals surface area contributed by atoms with Crippen molar-refractivity contribution in [3.63, 3.8) is 0 Å². The maximum atomic E-state index is 4.51. The van der Waals surface area contributed by atoms with Crippen molar-refractivity contribution in [2.45, 2.75) is 6.92 Å². The Morgan fingerprint density at radius 2 is 1.00 bits per heavy atom. The van der Waals surface area contributed by atoms with Crippen LogP contribution in [0.15, 0.2) is 115 Å². The van der Waals surface area contributed by atoms with Gasteiger partial charge in [0.15, 0.2) is 0 Å². The smallest absolute Gasteiger partial charge is 0.0837 e. The highest BCUT2D eigenvalue weighted by Crippen LogP contribution is 2.62. The molecule has 0 fully saturated rings. The fourth-order valence-corrected chi connectivity index (χ4v) is 7.32. The molecule has 0 bridgehead atoms. The van der Waals surface area contributed by atoms with Crippen molar-refractivity contribution in [2.24, 2.45) is 0 Å². The molecule has 0 aliphatic heterocycles. The van der Waals surface area contributed by atoms with E-state index in [0.29, 0.717) is 0 Å². The van der Waals surface area contributed by atoms with Gasteiger partial charge in [-0.3, -0.25) is 0 Å². The van der Waals surface area contributed by atoms with E-state index in [1.165, 1.54) is 21.2 Å². The van der Waals surface area contributed by atoms with Gasteiger partial charge < -0.3 is 0 Å². The van der Waals surface area contributed by atoms with Gasteiger partial charge >= 0.3 is 0 Å². The van der Waals surface area contributed by atoms with Crippen molar-refractivity contribution in [1.29, 1.82) is 0 Å². The average molecular weight is 329 g/mol. The Bertz CT molecular complexity index is 721. The summed E-state index contributed by atoms with van der Waals surface area (Å²) in [7, 11) is -1.94. The molecule has 24 heavy (non-hydrogen) atoms. The molecule has 3 aromatic rings. The molecular formula is C23H22P+. The third-order valence-corrected chi connectivity index (χ3v) is 8.45. The van der Waals surface area contributed by atoms with E-state index in [0.717, 1.165) is 0 Å². The van der Waals surface area contributed by atoms with Crippen LogP contribution >= 0.6 is 7.26 Å². The molecule has 3 aromatic carbocycles. The number of hydrogen-bond donors (Lipinski definition) is 0. The first kappa shape index (κ1) is 16.4. The van der Waals surface area contributed by atoms with Crippen LogP contribution in [0.5, 0.6) is 0 Å². The molecule has 0 spiro atoms. The van der Waals surface area contributed by atoms with Crippen molar-refractivity contribution in [3.05, 3.63) is 115 Å². The van der Waals surface area contributed by atoms with Crippen LogP contribution in [0.3, 0.4) is 0 Å². The number of rotatable bonds is 5. The predicted molar refractivity (Wildman–Crippen MR) is 109 cm³/mol. The highest BCUT2D eigenvalue weighted by Gasteiger charge is 2.47. The second kappa shape index (κ2) is 7.43. The van der Waals surface area contributed by atoms with Gasteiger partial charge in [-0.05, 0) is 49.4 Å². The summed E-state index contributed by atoms with van der Waals surface area (Å²) in [6, 6.07) is 32.4. The summed E-state index contributed by atoms with van der Waals surface area (Å²) >= 11 is 0. The van der Waals surface area contributed by atoms with E-state index in [4.69, 9.17) is 0 Å². The highest BCUT2D eigenvalue weighted by atomic mass is 31.2. The molecule has 0 atom stereocenters. The summed E-state index contributed by atoms with van der Waals surface area (Å²) < 4.78 is 0. The van der Waals surface area contributed by atoms with Gasteiger partial charge in [-0.25, -0.2) is 0 Å². The van der Waals surface area contributed by atoms with Gasteiger partial charge in [-0.15, -0.1) is 0 Å². The van der Waals surface area contributed by atoms with Gasteiger partial charge in [-0.1, -0.05) is 67.3 Å². The molecule has 0 unspecified atom stereocenters. The molecule has 118 valence electrons. The van der Waals surface area contributed by atoms with E-state index >= 15 is 0 Å². The molecule has 0 radical (unpaired) electrons. The van der Waals surface area contributed by atoms with Gasteiger partial charge in [0, 0.05) is 0 Å². The average Bonchev–Trinajstić information content (AvgIpc) is 2.65. The lowest BCUT2D eigenvalue weighted by Gasteiger charge is -2.27. The van der Waals surface area contributed by atoms with Gasteiger partial charge in [0.05, 0.1) is 0 Å². The molecule has 0 nitrogen and oxygen atoms in total. The standard InChI is InChI=1S/C23H22P/c1-3-13-20(2)24(21-14-7-4-8-15-21,22-16-9-5-10-17-22)23-18-11-6-12-19-23/h3-19H,2H2,1H3/q+1/b13-3+. The predicted octanol–water partition coefficient (Wildman–Crippen LogP) is 5.07. The third-order valence-electron chi connectivity index (χ3n) is 4.22. The van der Waals surface area contributed by atoms with Crippen molar-refractivity contribution in [2.75, 3.05) is 0 Å². The van der Waals surface area contributed by atoms with Crippen LogP contribution in [0.25, 0.3) is 0 Å². The zero-order chi connectivity index (χ0) is 16.8. The van der Waals surface area contributed by atoms with Crippen LogP contribution < -0.4 is 15.9 Å². The fraction of sp³-hybridized carbons (Fsp3) is 0.0435. The molecular weight excluding hydrogens is 307 g/mol. The largest absolute Gasteiger partial charge is 0.143 e. The fourth-order valence-electron chi connectivity index (χ4n) is 3.20. The minimum absolute atomic E-state index is 1.17. The summed E-state index contributed by atoms with van der Waals surface area (Å²) in [5, 5.41) is 5.19. The van der Waals surface area contributed by atoms with E-state index in [9.17, 15) is 0 Å². The van der Waals surface area contributed by atoms with Crippen LogP contribution in [-0.2, 0) is 0 Å². The zero-order valence-electron chi connectivity index (χ0n) is 14.0. The van der Waals surface area contributed by atoms with E-state index < -0.39 is 7.26 Å². The zero-order valence-corrected chi connectivity index (χ0v) is 14.9. The topological polar surface area (TPSA) is 0 Å². The van der Waals surface area contributed by atoms with Crippen molar-refractivity contribution in [3.8, 4) is 0 Å². The number of benzene rings is 3. The van der Waals surface area contributed by atoms with Crippen LogP contribution in [0, 0.1) is 0 Å². The molecule has 3 rings (SSSR count). The van der Waals surface area contributed by atoms with Crippen LogP contribution in [0.4, 0.5) is 0 Å². The first-order valence-corrected chi connectivity index (χ1v) is 9.97. The van der Waals surface area contributed by atoms with Crippen molar-refractivity contribution in [1.82, 2.24) is 0 Å². The molecule has 0 aliphatic carbocycles. The lowest BCUT2D eigenvalue weighted by atomic mass is 10.3. The maximum absolute atomic E-state index is 4.51. The molecule has 0 aromatic heterocycles. The van der Waals surface area contributed by atoms with Crippen LogP contribution in [0.2, 0.25) is 0 Å². The summed E-state index contributed by atoms with van der Waals surface area (Å²) in [5.41, 5.74) is 0. The Hall–Kier alpha value is -2.43. The summed E-state index contributed by atoms with van der Waals surface area (Å²) in [4.78, 5) is 0. The lowest BCUT2D eigenvalue weighted by molar-refractivity contribution is 1.69. The molecule has 0 N–H and O–H groups in total. The second-order valence-corrected chi connectivity index (χ2v) is 9.13. The summed E-state index contributed by atoms with van der Waals surface area (Å²) in [6.07, 6.45) is 4.26. The highest BCUT2D eigenvalue weighted by molar-refractivity contribution is 7.99. The van der Waals surface area contributed by atoms with Crippen molar-refractivity contribution < 1.29 is 0 Å². The minimum atomic E-state index is -1.94. The van der Waals surface area contributed by atoms with E-state index in [2.05, 4.69) is 117 Å². The SMILES string of the molecule is C=C(/C=C/C)[P+](c1ccccc1)(c1ccccc1)c1ccccc1. The quantitative estimate of drug-likeness (QED) is 0.453. The Balaban J connectivity index is 2.39. The Morgan fingerprint density at radius 3 is 1.29 bits per heavy atom. The Kier molecular flexibility index (Phi) is 5.08. The Labute approximate surface area is 145 Å².